The Balaban J connectivity index is 2.40. The van der Waals surface area contributed by atoms with Gasteiger partial charge in [-0.2, -0.15) is 0 Å². The summed E-state index contributed by atoms with van der Waals surface area (Å²) in [5.41, 5.74) is 0.443. The molecule has 0 aliphatic carbocycles. The van der Waals surface area contributed by atoms with Crippen LogP contribution >= 0.6 is 0 Å². The van der Waals surface area contributed by atoms with Gasteiger partial charge >= 0.3 is 5.97 Å². The summed E-state index contributed by atoms with van der Waals surface area (Å²) in [7, 11) is 1.68. The fourth-order valence-corrected chi connectivity index (χ4v) is 1.50. The molecule has 0 bridgehead atoms. The van der Waals surface area contributed by atoms with E-state index in [-0.39, 0.29) is 0 Å². The fraction of sp³-hybridized carbons (Fsp3) is 0.533. The van der Waals surface area contributed by atoms with E-state index in [0.29, 0.717) is 19.6 Å². The van der Waals surface area contributed by atoms with Gasteiger partial charge in [-0.25, -0.2) is 0 Å². The van der Waals surface area contributed by atoms with Gasteiger partial charge in [-0.1, -0.05) is 12.1 Å². The van der Waals surface area contributed by atoms with Crippen LogP contribution in [0.15, 0.2) is 24.3 Å². The van der Waals surface area contributed by atoms with Crippen LogP contribution < -0.4 is 4.74 Å². The predicted molar refractivity (Wildman–Crippen MR) is 73.6 cm³/mol. The van der Waals surface area contributed by atoms with Gasteiger partial charge < -0.3 is 14.6 Å². The quantitative estimate of drug-likeness (QED) is 0.786. The second kappa shape index (κ2) is 7.14. The molecule has 0 fully saturated rings. The molecule has 0 aromatic heterocycles. The summed E-state index contributed by atoms with van der Waals surface area (Å²) >= 11 is 0. The van der Waals surface area contributed by atoms with E-state index < -0.39 is 11.4 Å². The summed E-state index contributed by atoms with van der Waals surface area (Å²) in [6, 6.07) is 7.80. The Kier molecular flexibility index (Phi) is 5.83. The lowest BCUT2D eigenvalue weighted by molar-refractivity contribution is -0.147. The third kappa shape index (κ3) is 5.30. The maximum atomic E-state index is 10.9. The zero-order chi connectivity index (χ0) is 14.3. The molecule has 0 aliphatic rings. The molecule has 0 amide bonds. The van der Waals surface area contributed by atoms with E-state index in [1.165, 1.54) is 5.56 Å². The normalized spacial score (nSPS) is 11.3. The molecule has 0 saturated carbocycles. The number of carboxylic acid groups (broad SMARTS) is 1. The van der Waals surface area contributed by atoms with Crippen LogP contribution in [0.25, 0.3) is 0 Å². The number of ether oxygens (including phenoxy) is 2. The van der Waals surface area contributed by atoms with E-state index in [4.69, 9.17) is 14.6 Å². The lowest BCUT2D eigenvalue weighted by atomic mass is 9.90. The summed E-state index contributed by atoms with van der Waals surface area (Å²) in [5.74, 6) is -0.0339. The van der Waals surface area contributed by atoms with Crippen molar-refractivity contribution in [3.05, 3.63) is 29.8 Å². The molecule has 0 aliphatic heterocycles. The van der Waals surface area contributed by atoms with Crippen molar-refractivity contribution >= 4 is 5.97 Å². The van der Waals surface area contributed by atoms with Gasteiger partial charge in [-0.3, -0.25) is 4.79 Å². The van der Waals surface area contributed by atoms with Gasteiger partial charge in [0, 0.05) is 7.11 Å². The molecule has 1 N–H and O–H groups in total. The maximum Gasteiger partial charge on any atom is 0.309 e. The minimum absolute atomic E-state index is 0.400. The number of rotatable bonds is 8. The van der Waals surface area contributed by atoms with Crippen molar-refractivity contribution in [2.24, 2.45) is 5.41 Å². The molecular weight excluding hydrogens is 244 g/mol. The van der Waals surface area contributed by atoms with Crippen molar-refractivity contribution in [2.45, 2.75) is 26.7 Å². The van der Waals surface area contributed by atoms with Crippen molar-refractivity contribution in [3.8, 4) is 5.75 Å². The number of carbonyl (C=O) groups is 1. The molecule has 19 heavy (non-hydrogen) atoms. The third-order valence-corrected chi connectivity index (χ3v) is 3.09. The Morgan fingerprint density at radius 2 is 1.84 bits per heavy atom. The number of carboxylic acids is 1. The fourth-order valence-electron chi connectivity index (χ4n) is 1.50. The van der Waals surface area contributed by atoms with E-state index in [0.717, 1.165) is 12.2 Å². The maximum absolute atomic E-state index is 10.9. The van der Waals surface area contributed by atoms with Crippen molar-refractivity contribution in [2.75, 3.05) is 20.3 Å². The van der Waals surface area contributed by atoms with E-state index in [9.17, 15) is 4.79 Å². The van der Waals surface area contributed by atoms with Gasteiger partial charge in [0.2, 0.25) is 0 Å². The number of aliphatic carboxylic acids is 1. The summed E-state index contributed by atoms with van der Waals surface area (Å²) in [4.78, 5) is 10.9. The smallest absolute Gasteiger partial charge is 0.309 e. The van der Waals surface area contributed by atoms with Gasteiger partial charge in [-0.05, 0) is 44.4 Å². The van der Waals surface area contributed by atoms with Gasteiger partial charge in [0.25, 0.3) is 0 Å². The van der Waals surface area contributed by atoms with Crippen LogP contribution in [0.1, 0.15) is 25.8 Å². The second-order valence-electron chi connectivity index (χ2n) is 5.17. The van der Waals surface area contributed by atoms with Crippen LogP contribution in [0.2, 0.25) is 0 Å². The molecule has 0 radical (unpaired) electrons. The first kappa shape index (κ1) is 15.5. The number of hydrogen-bond acceptors (Lipinski definition) is 3. The van der Waals surface area contributed by atoms with Crippen LogP contribution in [0, 0.1) is 5.41 Å². The minimum atomic E-state index is -0.800. The van der Waals surface area contributed by atoms with Crippen LogP contribution in [0.3, 0.4) is 0 Å². The van der Waals surface area contributed by atoms with Crippen molar-refractivity contribution in [3.63, 3.8) is 0 Å². The highest BCUT2D eigenvalue weighted by molar-refractivity contribution is 5.73. The Hall–Kier alpha value is -1.55. The molecule has 1 aromatic carbocycles. The summed E-state index contributed by atoms with van der Waals surface area (Å²) in [5, 5.41) is 8.99. The van der Waals surface area contributed by atoms with Crippen molar-refractivity contribution in [1.82, 2.24) is 0 Å². The minimum Gasteiger partial charge on any atom is -0.494 e. The predicted octanol–water partition coefficient (Wildman–Crippen LogP) is 2.76. The summed E-state index contributed by atoms with van der Waals surface area (Å²) in [6.45, 7) is 4.50. The van der Waals surface area contributed by atoms with E-state index in [1.807, 2.05) is 24.3 Å². The highest BCUT2D eigenvalue weighted by Gasteiger charge is 2.26. The molecule has 0 atom stereocenters. The first-order valence-electron chi connectivity index (χ1n) is 6.40. The molecular formula is C15H22O4. The molecule has 4 nitrogen and oxygen atoms in total. The number of methoxy groups -OCH3 is 1. The first-order chi connectivity index (χ1) is 8.95. The second-order valence-corrected chi connectivity index (χ2v) is 5.17. The lowest BCUT2D eigenvalue weighted by Gasteiger charge is -2.18. The standard InChI is InChI=1S/C15H22O4/c1-15(2,14(16)17)9-11-19-13-6-4-12(5-7-13)8-10-18-3/h4-7H,8-11H2,1-3H3,(H,16,17). The average Bonchev–Trinajstić information content (AvgIpc) is 2.37. The van der Waals surface area contributed by atoms with Gasteiger partial charge in [0.05, 0.1) is 18.6 Å². The lowest BCUT2D eigenvalue weighted by Crippen LogP contribution is -2.25. The zero-order valence-electron chi connectivity index (χ0n) is 11.8. The summed E-state index contributed by atoms with van der Waals surface area (Å²) < 4.78 is 10.6. The molecule has 0 heterocycles. The molecule has 0 unspecified atom stereocenters. The topological polar surface area (TPSA) is 55.8 Å². The molecule has 0 saturated heterocycles. The molecule has 1 rings (SSSR count). The Morgan fingerprint density at radius 3 is 2.37 bits per heavy atom. The van der Waals surface area contributed by atoms with Crippen molar-refractivity contribution in [1.29, 1.82) is 0 Å². The monoisotopic (exact) mass is 266 g/mol. The molecule has 0 spiro atoms. The van der Waals surface area contributed by atoms with E-state index in [1.54, 1.807) is 21.0 Å². The summed E-state index contributed by atoms with van der Waals surface area (Å²) in [6.07, 6.45) is 1.36. The largest absolute Gasteiger partial charge is 0.494 e. The molecule has 106 valence electrons. The number of benzene rings is 1. The molecule has 1 aromatic rings. The van der Waals surface area contributed by atoms with Crippen LogP contribution in [-0.4, -0.2) is 31.4 Å². The highest BCUT2D eigenvalue weighted by Crippen LogP contribution is 2.21. The third-order valence-electron chi connectivity index (χ3n) is 3.09. The Labute approximate surface area is 114 Å². The first-order valence-corrected chi connectivity index (χ1v) is 6.40. The molecule has 4 heteroatoms. The van der Waals surface area contributed by atoms with Crippen LogP contribution in [-0.2, 0) is 16.0 Å². The van der Waals surface area contributed by atoms with Gasteiger partial charge in [-0.15, -0.1) is 0 Å². The van der Waals surface area contributed by atoms with E-state index in [2.05, 4.69) is 0 Å². The van der Waals surface area contributed by atoms with Crippen LogP contribution in [0.5, 0.6) is 5.75 Å². The number of hydrogen-bond donors (Lipinski definition) is 1. The Bertz CT molecular complexity index is 395. The van der Waals surface area contributed by atoms with E-state index >= 15 is 0 Å². The Morgan fingerprint density at radius 1 is 1.21 bits per heavy atom. The average molecular weight is 266 g/mol. The van der Waals surface area contributed by atoms with Crippen LogP contribution in [0.4, 0.5) is 0 Å². The van der Waals surface area contributed by atoms with Crippen molar-refractivity contribution < 1.29 is 19.4 Å². The van der Waals surface area contributed by atoms with Gasteiger partial charge in [0.15, 0.2) is 0 Å². The van der Waals surface area contributed by atoms with Gasteiger partial charge in [0.1, 0.15) is 5.75 Å². The SMILES string of the molecule is COCCc1ccc(OCCC(C)(C)C(=O)O)cc1. The zero-order valence-corrected chi connectivity index (χ0v) is 11.8. The highest BCUT2D eigenvalue weighted by atomic mass is 16.5.